The average Bonchev–Trinajstić information content (AvgIpc) is 3.47. The molecule has 0 amide bonds. The van der Waals surface area contributed by atoms with Crippen LogP contribution in [0.25, 0.3) is 0 Å². The summed E-state index contributed by atoms with van der Waals surface area (Å²) in [5.41, 5.74) is 1.19. The summed E-state index contributed by atoms with van der Waals surface area (Å²) >= 11 is 0. The van der Waals surface area contributed by atoms with E-state index in [1.807, 2.05) is 13.1 Å². The lowest BCUT2D eigenvalue weighted by Gasteiger charge is -2.29. The second-order valence-corrected chi connectivity index (χ2v) is 7.42. The number of likely N-dealkylation sites (tertiary alicyclic amines) is 1. The van der Waals surface area contributed by atoms with Crippen molar-refractivity contribution >= 4 is 29.9 Å². The molecular formula is C20H33IN4O. The SMILES string of the molecule is CN=C(NCc1ccccc1OCC1CC1)NCC1CCN(C)CC1.I. The fourth-order valence-electron chi connectivity index (χ4n) is 3.19. The number of para-hydroxylation sites is 1. The highest BCUT2D eigenvalue weighted by Crippen LogP contribution is 2.30. The minimum absolute atomic E-state index is 0. The summed E-state index contributed by atoms with van der Waals surface area (Å²) in [4.78, 5) is 6.76. The van der Waals surface area contributed by atoms with E-state index in [2.05, 4.69) is 45.8 Å². The monoisotopic (exact) mass is 472 g/mol. The first-order valence-electron chi connectivity index (χ1n) is 9.58. The zero-order chi connectivity index (χ0) is 17.5. The van der Waals surface area contributed by atoms with Crippen LogP contribution in [0.15, 0.2) is 29.3 Å². The first kappa shape index (κ1) is 21.3. The molecular weight excluding hydrogens is 439 g/mol. The molecule has 26 heavy (non-hydrogen) atoms. The quantitative estimate of drug-likeness (QED) is 0.364. The Hall–Kier alpha value is -1.02. The van der Waals surface area contributed by atoms with Gasteiger partial charge in [0.15, 0.2) is 5.96 Å². The Balaban J connectivity index is 0.00000243. The van der Waals surface area contributed by atoms with E-state index in [1.54, 1.807) is 0 Å². The van der Waals surface area contributed by atoms with E-state index < -0.39 is 0 Å². The number of halogens is 1. The van der Waals surface area contributed by atoms with Gasteiger partial charge in [0.1, 0.15) is 5.75 Å². The van der Waals surface area contributed by atoms with Gasteiger partial charge in [0, 0.05) is 25.7 Å². The smallest absolute Gasteiger partial charge is 0.191 e. The molecule has 1 aromatic rings. The van der Waals surface area contributed by atoms with E-state index >= 15 is 0 Å². The number of rotatable bonds is 7. The van der Waals surface area contributed by atoms with Gasteiger partial charge < -0.3 is 20.3 Å². The van der Waals surface area contributed by atoms with Gasteiger partial charge in [-0.05, 0) is 63.7 Å². The van der Waals surface area contributed by atoms with Crippen LogP contribution < -0.4 is 15.4 Å². The molecule has 3 rings (SSSR count). The van der Waals surface area contributed by atoms with Gasteiger partial charge in [0.2, 0.25) is 0 Å². The molecule has 0 spiro atoms. The lowest BCUT2D eigenvalue weighted by Crippen LogP contribution is -2.42. The van der Waals surface area contributed by atoms with Crippen molar-refractivity contribution in [3.8, 4) is 5.75 Å². The Bertz CT molecular complexity index is 569. The largest absolute Gasteiger partial charge is 0.493 e. The second kappa shape index (κ2) is 11.0. The van der Waals surface area contributed by atoms with Crippen LogP contribution in [0.3, 0.4) is 0 Å². The predicted octanol–water partition coefficient (Wildman–Crippen LogP) is 3.10. The number of nitrogens with zero attached hydrogens (tertiary/aromatic N) is 2. The van der Waals surface area contributed by atoms with E-state index in [0.29, 0.717) is 0 Å². The van der Waals surface area contributed by atoms with Crippen molar-refractivity contribution < 1.29 is 4.74 Å². The van der Waals surface area contributed by atoms with Gasteiger partial charge in [0.05, 0.1) is 6.61 Å². The molecule has 1 aliphatic carbocycles. The van der Waals surface area contributed by atoms with E-state index in [-0.39, 0.29) is 24.0 Å². The van der Waals surface area contributed by atoms with Crippen molar-refractivity contribution in [3.63, 3.8) is 0 Å². The topological polar surface area (TPSA) is 48.9 Å². The standard InChI is InChI=1S/C20H32N4O.HI/c1-21-20(22-13-16-9-11-24(2)12-10-16)23-14-18-5-3-4-6-19(18)25-15-17-7-8-17;/h3-6,16-17H,7-15H2,1-2H3,(H2,21,22,23);1H. The van der Waals surface area contributed by atoms with Crippen LogP contribution in [0, 0.1) is 11.8 Å². The lowest BCUT2D eigenvalue weighted by molar-refractivity contribution is 0.220. The van der Waals surface area contributed by atoms with Crippen molar-refractivity contribution in [2.45, 2.75) is 32.2 Å². The fraction of sp³-hybridized carbons (Fsp3) is 0.650. The number of hydrogen-bond donors (Lipinski definition) is 2. The van der Waals surface area contributed by atoms with E-state index in [0.717, 1.165) is 43.2 Å². The Kier molecular flexibility index (Phi) is 8.98. The van der Waals surface area contributed by atoms with Crippen molar-refractivity contribution in [2.24, 2.45) is 16.8 Å². The van der Waals surface area contributed by atoms with Crippen LogP contribution in [-0.4, -0.2) is 51.2 Å². The highest BCUT2D eigenvalue weighted by atomic mass is 127. The number of benzene rings is 1. The third-order valence-electron chi connectivity index (χ3n) is 5.21. The molecule has 2 N–H and O–H groups in total. The first-order valence-corrected chi connectivity index (χ1v) is 9.58. The first-order chi connectivity index (χ1) is 12.2. The zero-order valence-electron chi connectivity index (χ0n) is 16.0. The maximum Gasteiger partial charge on any atom is 0.191 e. The van der Waals surface area contributed by atoms with Crippen LogP contribution in [-0.2, 0) is 6.54 Å². The second-order valence-electron chi connectivity index (χ2n) is 7.42. The average molecular weight is 472 g/mol. The molecule has 2 aliphatic rings. The maximum absolute atomic E-state index is 5.99. The molecule has 6 heteroatoms. The highest BCUT2D eigenvalue weighted by molar-refractivity contribution is 14.0. The number of guanidine groups is 1. The van der Waals surface area contributed by atoms with E-state index in [1.165, 1.54) is 44.3 Å². The molecule has 0 atom stereocenters. The van der Waals surface area contributed by atoms with E-state index in [9.17, 15) is 0 Å². The molecule has 146 valence electrons. The van der Waals surface area contributed by atoms with Gasteiger partial charge in [-0.2, -0.15) is 0 Å². The molecule has 0 unspecified atom stereocenters. The van der Waals surface area contributed by atoms with Crippen LogP contribution in [0.5, 0.6) is 5.75 Å². The third-order valence-corrected chi connectivity index (χ3v) is 5.21. The van der Waals surface area contributed by atoms with Crippen LogP contribution >= 0.6 is 24.0 Å². The molecule has 0 radical (unpaired) electrons. The third kappa shape index (κ3) is 6.95. The number of nitrogens with one attached hydrogen (secondary N) is 2. The summed E-state index contributed by atoms with van der Waals surface area (Å²) in [6.07, 6.45) is 5.15. The molecule has 1 aromatic carbocycles. The molecule has 1 saturated carbocycles. The minimum atomic E-state index is 0. The summed E-state index contributed by atoms with van der Waals surface area (Å²) in [7, 11) is 4.03. The molecule has 1 aliphatic heterocycles. The van der Waals surface area contributed by atoms with Crippen molar-refractivity contribution in [1.29, 1.82) is 0 Å². The molecule has 2 fully saturated rings. The van der Waals surface area contributed by atoms with Crippen LogP contribution in [0.2, 0.25) is 0 Å². The summed E-state index contributed by atoms with van der Waals surface area (Å²) < 4.78 is 5.99. The molecule has 1 heterocycles. The molecule has 1 saturated heterocycles. The summed E-state index contributed by atoms with van der Waals surface area (Å²) in [5.74, 6) is 3.37. The van der Waals surface area contributed by atoms with E-state index in [4.69, 9.17) is 4.74 Å². The van der Waals surface area contributed by atoms with Gasteiger partial charge in [-0.25, -0.2) is 0 Å². The lowest BCUT2D eigenvalue weighted by atomic mass is 9.97. The maximum atomic E-state index is 5.99. The van der Waals surface area contributed by atoms with Crippen LogP contribution in [0.1, 0.15) is 31.2 Å². The Morgan fingerprint density at radius 2 is 1.85 bits per heavy atom. The zero-order valence-corrected chi connectivity index (χ0v) is 18.4. The normalized spacial score (nSPS) is 18.9. The van der Waals surface area contributed by atoms with Crippen molar-refractivity contribution in [3.05, 3.63) is 29.8 Å². The molecule has 0 aromatic heterocycles. The fourth-order valence-corrected chi connectivity index (χ4v) is 3.19. The van der Waals surface area contributed by atoms with Crippen LogP contribution in [0.4, 0.5) is 0 Å². The van der Waals surface area contributed by atoms with Crippen molar-refractivity contribution in [2.75, 3.05) is 40.3 Å². The number of piperidine rings is 1. The van der Waals surface area contributed by atoms with Gasteiger partial charge >= 0.3 is 0 Å². The Morgan fingerprint density at radius 3 is 2.54 bits per heavy atom. The van der Waals surface area contributed by atoms with Gasteiger partial charge in [-0.3, -0.25) is 4.99 Å². The summed E-state index contributed by atoms with van der Waals surface area (Å²) in [5, 5.41) is 6.91. The minimum Gasteiger partial charge on any atom is -0.493 e. The number of aliphatic imine (C=N–C) groups is 1. The Morgan fingerprint density at radius 1 is 1.12 bits per heavy atom. The number of ether oxygens (including phenoxy) is 1. The molecule has 0 bridgehead atoms. The summed E-state index contributed by atoms with van der Waals surface area (Å²) in [6, 6.07) is 8.29. The van der Waals surface area contributed by atoms with Crippen molar-refractivity contribution in [1.82, 2.24) is 15.5 Å². The van der Waals surface area contributed by atoms with Gasteiger partial charge in [-0.1, -0.05) is 18.2 Å². The Labute approximate surface area is 175 Å². The summed E-state index contributed by atoms with van der Waals surface area (Å²) in [6.45, 7) is 4.97. The molecule has 5 nitrogen and oxygen atoms in total. The number of hydrogen-bond acceptors (Lipinski definition) is 3. The van der Waals surface area contributed by atoms with Gasteiger partial charge in [0.25, 0.3) is 0 Å². The van der Waals surface area contributed by atoms with Gasteiger partial charge in [-0.15, -0.1) is 24.0 Å². The predicted molar refractivity (Wildman–Crippen MR) is 118 cm³/mol. The highest BCUT2D eigenvalue weighted by Gasteiger charge is 2.22.